The summed E-state index contributed by atoms with van der Waals surface area (Å²) in [6, 6.07) is 0. The van der Waals surface area contributed by atoms with Gasteiger partial charge in [0.25, 0.3) is 0 Å². The number of hydrogen-bond donors (Lipinski definition) is 1. The SMILES string of the molecule is CC(C)CCC(=O)NCC1CCN(C(=O)OC(C)(C)C)CC1. The van der Waals surface area contributed by atoms with Crippen LogP contribution in [0.4, 0.5) is 4.79 Å². The van der Waals surface area contributed by atoms with E-state index >= 15 is 0 Å². The molecule has 0 aromatic heterocycles. The van der Waals surface area contributed by atoms with Crippen LogP contribution in [0.2, 0.25) is 0 Å². The molecule has 0 aromatic carbocycles. The zero-order valence-corrected chi connectivity index (χ0v) is 14.8. The van der Waals surface area contributed by atoms with Gasteiger partial charge in [-0.25, -0.2) is 4.79 Å². The number of ether oxygens (including phenoxy) is 1. The first-order chi connectivity index (χ1) is 10.2. The van der Waals surface area contributed by atoms with Crippen LogP contribution in [0.3, 0.4) is 0 Å². The molecule has 22 heavy (non-hydrogen) atoms. The van der Waals surface area contributed by atoms with Crippen molar-refractivity contribution >= 4 is 12.0 Å². The fraction of sp³-hybridized carbons (Fsp3) is 0.882. The molecule has 0 spiro atoms. The van der Waals surface area contributed by atoms with Crippen LogP contribution in [0.25, 0.3) is 0 Å². The van der Waals surface area contributed by atoms with Crippen LogP contribution in [0.15, 0.2) is 0 Å². The molecule has 0 radical (unpaired) electrons. The van der Waals surface area contributed by atoms with Gasteiger partial charge < -0.3 is 15.0 Å². The second-order valence-corrected chi connectivity index (χ2v) is 7.65. The molecule has 1 heterocycles. The molecule has 2 amide bonds. The van der Waals surface area contributed by atoms with Gasteiger partial charge in [0.05, 0.1) is 0 Å². The fourth-order valence-electron chi connectivity index (χ4n) is 2.41. The molecule has 0 aromatic rings. The maximum atomic E-state index is 12.0. The quantitative estimate of drug-likeness (QED) is 0.848. The summed E-state index contributed by atoms with van der Waals surface area (Å²) in [5.74, 6) is 1.16. The molecule has 0 unspecified atom stereocenters. The number of nitrogens with zero attached hydrogens (tertiary/aromatic N) is 1. The van der Waals surface area contributed by atoms with E-state index in [0.29, 0.717) is 31.3 Å². The lowest BCUT2D eigenvalue weighted by Gasteiger charge is -2.33. The first kappa shape index (κ1) is 18.8. The summed E-state index contributed by atoms with van der Waals surface area (Å²) in [7, 11) is 0. The molecule has 5 heteroatoms. The zero-order valence-electron chi connectivity index (χ0n) is 14.8. The predicted octanol–water partition coefficient (Wildman–Crippen LogP) is 3.19. The highest BCUT2D eigenvalue weighted by molar-refractivity contribution is 5.75. The van der Waals surface area contributed by atoms with Crippen molar-refractivity contribution in [1.82, 2.24) is 10.2 Å². The predicted molar refractivity (Wildman–Crippen MR) is 87.6 cm³/mol. The van der Waals surface area contributed by atoms with Crippen LogP contribution in [-0.2, 0) is 9.53 Å². The Morgan fingerprint density at radius 2 is 1.82 bits per heavy atom. The van der Waals surface area contributed by atoms with Gasteiger partial charge in [-0.15, -0.1) is 0 Å². The van der Waals surface area contributed by atoms with E-state index < -0.39 is 5.60 Å². The average Bonchev–Trinajstić information content (AvgIpc) is 2.41. The number of piperidine rings is 1. The second kappa shape index (κ2) is 8.39. The van der Waals surface area contributed by atoms with E-state index in [1.807, 2.05) is 20.8 Å². The van der Waals surface area contributed by atoms with Gasteiger partial charge in [0, 0.05) is 26.1 Å². The molecule has 0 atom stereocenters. The van der Waals surface area contributed by atoms with Crippen molar-refractivity contribution in [2.24, 2.45) is 11.8 Å². The Labute approximate surface area is 134 Å². The van der Waals surface area contributed by atoms with Crippen molar-refractivity contribution in [2.45, 2.75) is 65.9 Å². The van der Waals surface area contributed by atoms with Gasteiger partial charge in [0.15, 0.2) is 0 Å². The van der Waals surface area contributed by atoms with Gasteiger partial charge >= 0.3 is 6.09 Å². The van der Waals surface area contributed by atoms with Crippen LogP contribution in [0, 0.1) is 11.8 Å². The monoisotopic (exact) mass is 312 g/mol. The summed E-state index contributed by atoms with van der Waals surface area (Å²) < 4.78 is 5.38. The maximum absolute atomic E-state index is 12.0. The number of nitrogens with one attached hydrogen (secondary N) is 1. The molecule has 1 aliphatic rings. The Bertz CT molecular complexity index is 367. The van der Waals surface area contributed by atoms with Gasteiger partial charge in [-0.05, 0) is 51.9 Å². The molecular weight excluding hydrogens is 280 g/mol. The van der Waals surface area contributed by atoms with Crippen molar-refractivity contribution in [1.29, 1.82) is 0 Å². The minimum atomic E-state index is -0.446. The average molecular weight is 312 g/mol. The first-order valence-electron chi connectivity index (χ1n) is 8.42. The molecule has 5 nitrogen and oxygen atoms in total. The molecule has 1 aliphatic heterocycles. The lowest BCUT2D eigenvalue weighted by Crippen LogP contribution is -2.43. The summed E-state index contributed by atoms with van der Waals surface area (Å²) in [5.41, 5.74) is -0.446. The van der Waals surface area contributed by atoms with E-state index in [-0.39, 0.29) is 12.0 Å². The van der Waals surface area contributed by atoms with Crippen LogP contribution < -0.4 is 5.32 Å². The fourth-order valence-corrected chi connectivity index (χ4v) is 2.41. The third-order valence-corrected chi connectivity index (χ3v) is 3.80. The standard InChI is InChI=1S/C17H32N2O3/c1-13(2)6-7-15(20)18-12-14-8-10-19(11-9-14)16(21)22-17(3,4)5/h13-14H,6-12H2,1-5H3,(H,18,20). The lowest BCUT2D eigenvalue weighted by molar-refractivity contribution is -0.121. The number of likely N-dealkylation sites (tertiary alicyclic amines) is 1. The number of carbonyl (C=O) groups is 2. The highest BCUT2D eigenvalue weighted by atomic mass is 16.6. The Morgan fingerprint density at radius 1 is 1.23 bits per heavy atom. The summed E-state index contributed by atoms with van der Waals surface area (Å²) in [6.45, 7) is 12.0. The third kappa shape index (κ3) is 7.66. The van der Waals surface area contributed by atoms with Crippen molar-refractivity contribution in [3.63, 3.8) is 0 Å². The van der Waals surface area contributed by atoms with Crippen molar-refractivity contribution in [3.05, 3.63) is 0 Å². The van der Waals surface area contributed by atoms with E-state index in [0.717, 1.165) is 25.8 Å². The van der Waals surface area contributed by atoms with Gasteiger partial charge in [-0.1, -0.05) is 13.8 Å². The molecule has 1 saturated heterocycles. The van der Waals surface area contributed by atoms with Gasteiger partial charge in [-0.2, -0.15) is 0 Å². The Balaban J connectivity index is 2.22. The lowest BCUT2D eigenvalue weighted by atomic mass is 9.97. The number of carbonyl (C=O) groups excluding carboxylic acids is 2. The first-order valence-corrected chi connectivity index (χ1v) is 8.42. The van der Waals surface area contributed by atoms with E-state index in [1.54, 1.807) is 4.90 Å². The van der Waals surface area contributed by atoms with Crippen LogP contribution in [0.1, 0.15) is 60.3 Å². The topological polar surface area (TPSA) is 58.6 Å². The summed E-state index contributed by atoms with van der Waals surface area (Å²) in [6.07, 6.45) is 3.15. The van der Waals surface area contributed by atoms with Crippen molar-refractivity contribution in [3.8, 4) is 0 Å². The smallest absolute Gasteiger partial charge is 0.410 e. The van der Waals surface area contributed by atoms with Crippen molar-refractivity contribution < 1.29 is 14.3 Å². The molecule has 0 bridgehead atoms. The van der Waals surface area contributed by atoms with E-state index in [9.17, 15) is 9.59 Å². The molecule has 1 N–H and O–H groups in total. The largest absolute Gasteiger partial charge is 0.444 e. The molecule has 1 fully saturated rings. The van der Waals surface area contributed by atoms with Gasteiger partial charge in [-0.3, -0.25) is 4.79 Å². The molecule has 1 rings (SSSR count). The minimum absolute atomic E-state index is 0.142. The van der Waals surface area contributed by atoms with Crippen LogP contribution in [-0.4, -0.2) is 42.1 Å². The number of rotatable bonds is 5. The van der Waals surface area contributed by atoms with Crippen LogP contribution >= 0.6 is 0 Å². The minimum Gasteiger partial charge on any atom is -0.444 e. The van der Waals surface area contributed by atoms with E-state index in [1.165, 1.54) is 0 Å². The van der Waals surface area contributed by atoms with Gasteiger partial charge in [0.2, 0.25) is 5.91 Å². The Kier molecular flexibility index (Phi) is 7.17. The summed E-state index contributed by atoms with van der Waals surface area (Å²) >= 11 is 0. The Hall–Kier alpha value is -1.26. The summed E-state index contributed by atoms with van der Waals surface area (Å²) in [4.78, 5) is 25.5. The molecule has 128 valence electrons. The Morgan fingerprint density at radius 3 is 2.32 bits per heavy atom. The van der Waals surface area contributed by atoms with E-state index in [4.69, 9.17) is 4.74 Å². The highest BCUT2D eigenvalue weighted by Gasteiger charge is 2.26. The van der Waals surface area contributed by atoms with E-state index in [2.05, 4.69) is 19.2 Å². The number of hydrogen-bond acceptors (Lipinski definition) is 3. The maximum Gasteiger partial charge on any atom is 0.410 e. The van der Waals surface area contributed by atoms with Gasteiger partial charge in [0.1, 0.15) is 5.60 Å². The number of amides is 2. The normalized spacial score (nSPS) is 16.7. The third-order valence-electron chi connectivity index (χ3n) is 3.80. The second-order valence-electron chi connectivity index (χ2n) is 7.65. The van der Waals surface area contributed by atoms with Crippen LogP contribution in [0.5, 0.6) is 0 Å². The molecule has 0 aliphatic carbocycles. The molecular formula is C17H32N2O3. The molecule has 0 saturated carbocycles. The summed E-state index contributed by atoms with van der Waals surface area (Å²) in [5, 5.41) is 3.02. The van der Waals surface area contributed by atoms with Crippen molar-refractivity contribution in [2.75, 3.05) is 19.6 Å². The zero-order chi connectivity index (χ0) is 16.8. The highest BCUT2D eigenvalue weighted by Crippen LogP contribution is 2.19.